The van der Waals surface area contributed by atoms with Crippen molar-refractivity contribution in [2.45, 2.75) is 38.1 Å². The first-order valence-corrected chi connectivity index (χ1v) is 5.41. The SMILES string of the molecule is O=C(Nc1ccn[nH]1)NC1CCCCC1. The Morgan fingerprint density at radius 2 is 2.20 bits per heavy atom. The Morgan fingerprint density at radius 3 is 2.87 bits per heavy atom. The number of H-pyrrole nitrogens is 1. The molecular weight excluding hydrogens is 192 g/mol. The van der Waals surface area contributed by atoms with E-state index in [1.165, 1.54) is 19.3 Å². The highest BCUT2D eigenvalue weighted by molar-refractivity contribution is 5.88. The Bertz CT molecular complexity index is 303. The highest BCUT2D eigenvalue weighted by Crippen LogP contribution is 2.17. The third kappa shape index (κ3) is 2.97. The molecule has 1 heterocycles. The van der Waals surface area contributed by atoms with Gasteiger partial charge in [0.15, 0.2) is 0 Å². The van der Waals surface area contributed by atoms with Crippen molar-refractivity contribution >= 4 is 11.8 Å². The average molecular weight is 208 g/mol. The van der Waals surface area contributed by atoms with Crippen molar-refractivity contribution in [1.29, 1.82) is 0 Å². The zero-order chi connectivity index (χ0) is 10.5. The van der Waals surface area contributed by atoms with Gasteiger partial charge in [-0.1, -0.05) is 19.3 Å². The molecule has 0 atom stereocenters. The molecule has 0 radical (unpaired) electrons. The lowest BCUT2D eigenvalue weighted by Gasteiger charge is -2.22. The Kier molecular flexibility index (Phi) is 3.22. The van der Waals surface area contributed by atoms with Gasteiger partial charge in [-0.3, -0.25) is 10.4 Å². The van der Waals surface area contributed by atoms with Crippen LogP contribution < -0.4 is 10.6 Å². The molecule has 0 unspecified atom stereocenters. The van der Waals surface area contributed by atoms with Crippen LogP contribution in [0.15, 0.2) is 12.3 Å². The largest absolute Gasteiger partial charge is 0.335 e. The molecule has 2 rings (SSSR count). The second-order valence-corrected chi connectivity index (χ2v) is 3.90. The minimum Gasteiger partial charge on any atom is -0.335 e. The van der Waals surface area contributed by atoms with E-state index in [1.54, 1.807) is 12.3 Å². The first kappa shape index (κ1) is 10.0. The maximum atomic E-state index is 11.5. The summed E-state index contributed by atoms with van der Waals surface area (Å²) in [4.78, 5) is 11.5. The topological polar surface area (TPSA) is 69.8 Å². The molecule has 5 heteroatoms. The lowest BCUT2D eigenvalue weighted by Crippen LogP contribution is -2.39. The van der Waals surface area contributed by atoms with E-state index in [9.17, 15) is 4.79 Å². The van der Waals surface area contributed by atoms with Gasteiger partial charge in [0, 0.05) is 12.1 Å². The Morgan fingerprint density at radius 1 is 1.40 bits per heavy atom. The smallest absolute Gasteiger partial charge is 0.320 e. The molecule has 1 aliphatic rings. The number of carbonyl (C=O) groups is 1. The lowest BCUT2D eigenvalue weighted by atomic mass is 9.96. The first-order valence-electron chi connectivity index (χ1n) is 5.41. The molecule has 0 spiro atoms. The predicted molar refractivity (Wildman–Crippen MR) is 57.6 cm³/mol. The monoisotopic (exact) mass is 208 g/mol. The fourth-order valence-electron chi connectivity index (χ4n) is 1.92. The molecule has 0 aliphatic heterocycles. The zero-order valence-corrected chi connectivity index (χ0v) is 8.62. The van der Waals surface area contributed by atoms with Crippen molar-refractivity contribution in [2.75, 3.05) is 5.32 Å². The van der Waals surface area contributed by atoms with Crippen molar-refractivity contribution < 1.29 is 4.79 Å². The summed E-state index contributed by atoms with van der Waals surface area (Å²) in [5.41, 5.74) is 0. The summed E-state index contributed by atoms with van der Waals surface area (Å²) in [5.74, 6) is 0.628. The molecule has 1 aromatic rings. The van der Waals surface area contributed by atoms with Crippen molar-refractivity contribution in [1.82, 2.24) is 15.5 Å². The predicted octanol–water partition coefficient (Wildman–Crippen LogP) is 1.86. The Labute approximate surface area is 88.6 Å². The van der Waals surface area contributed by atoms with Crippen molar-refractivity contribution in [3.8, 4) is 0 Å². The second-order valence-electron chi connectivity index (χ2n) is 3.90. The maximum absolute atomic E-state index is 11.5. The lowest BCUT2D eigenvalue weighted by molar-refractivity contribution is 0.244. The minimum absolute atomic E-state index is 0.147. The summed E-state index contributed by atoms with van der Waals surface area (Å²) in [6.07, 6.45) is 7.52. The standard InChI is InChI=1S/C10H16N4O/c15-10(13-9-6-7-11-14-9)12-8-4-2-1-3-5-8/h6-8H,1-5H2,(H3,11,12,13,14,15). The fourth-order valence-corrected chi connectivity index (χ4v) is 1.92. The number of rotatable bonds is 2. The van der Waals surface area contributed by atoms with Crippen molar-refractivity contribution in [2.24, 2.45) is 0 Å². The van der Waals surface area contributed by atoms with E-state index in [-0.39, 0.29) is 6.03 Å². The third-order valence-electron chi connectivity index (χ3n) is 2.69. The van der Waals surface area contributed by atoms with Crippen LogP contribution in [0.4, 0.5) is 10.6 Å². The van der Waals surface area contributed by atoms with E-state index in [0.29, 0.717) is 11.9 Å². The maximum Gasteiger partial charge on any atom is 0.320 e. The molecule has 1 fully saturated rings. The fraction of sp³-hybridized carbons (Fsp3) is 0.600. The molecule has 0 aromatic carbocycles. The van der Waals surface area contributed by atoms with Crippen LogP contribution in [0, 0.1) is 0 Å². The van der Waals surface area contributed by atoms with E-state index in [1.807, 2.05) is 0 Å². The normalized spacial score (nSPS) is 17.3. The molecule has 82 valence electrons. The second kappa shape index (κ2) is 4.82. The number of nitrogens with zero attached hydrogens (tertiary/aromatic N) is 1. The summed E-state index contributed by atoms with van der Waals surface area (Å²) in [5, 5.41) is 12.1. The summed E-state index contributed by atoms with van der Waals surface area (Å²) in [7, 11) is 0. The first-order chi connectivity index (χ1) is 7.34. The van der Waals surface area contributed by atoms with Crippen molar-refractivity contribution in [3.05, 3.63) is 12.3 Å². The number of aromatic nitrogens is 2. The van der Waals surface area contributed by atoms with Crippen LogP contribution >= 0.6 is 0 Å². The quantitative estimate of drug-likeness (QED) is 0.694. The highest BCUT2D eigenvalue weighted by atomic mass is 16.2. The van der Waals surface area contributed by atoms with E-state index in [4.69, 9.17) is 0 Å². The van der Waals surface area contributed by atoms with Crippen LogP contribution in [0.25, 0.3) is 0 Å². The highest BCUT2D eigenvalue weighted by Gasteiger charge is 2.15. The van der Waals surface area contributed by atoms with Crippen LogP contribution in [-0.4, -0.2) is 22.3 Å². The van der Waals surface area contributed by atoms with Gasteiger partial charge in [-0.15, -0.1) is 0 Å². The van der Waals surface area contributed by atoms with Gasteiger partial charge in [0.25, 0.3) is 0 Å². The van der Waals surface area contributed by atoms with Crippen LogP contribution in [0.1, 0.15) is 32.1 Å². The number of amides is 2. The van der Waals surface area contributed by atoms with Gasteiger partial charge in [-0.2, -0.15) is 5.10 Å². The number of hydrogen-bond donors (Lipinski definition) is 3. The van der Waals surface area contributed by atoms with Gasteiger partial charge in [0.1, 0.15) is 5.82 Å². The number of hydrogen-bond acceptors (Lipinski definition) is 2. The summed E-state index contributed by atoms with van der Waals surface area (Å²) >= 11 is 0. The van der Waals surface area contributed by atoms with Crippen LogP contribution in [0.2, 0.25) is 0 Å². The molecule has 5 nitrogen and oxygen atoms in total. The van der Waals surface area contributed by atoms with E-state index in [2.05, 4.69) is 20.8 Å². The zero-order valence-electron chi connectivity index (χ0n) is 8.62. The molecule has 2 amide bonds. The Hall–Kier alpha value is -1.52. The molecular formula is C10H16N4O. The number of aromatic amines is 1. The van der Waals surface area contributed by atoms with E-state index < -0.39 is 0 Å². The number of urea groups is 1. The molecule has 0 saturated heterocycles. The van der Waals surface area contributed by atoms with Crippen LogP contribution in [-0.2, 0) is 0 Å². The molecule has 1 aromatic heterocycles. The summed E-state index contributed by atoms with van der Waals surface area (Å²) in [6, 6.07) is 1.91. The molecule has 0 bridgehead atoms. The third-order valence-corrected chi connectivity index (χ3v) is 2.69. The number of anilines is 1. The summed E-state index contributed by atoms with van der Waals surface area (Å²) < 4.78 is 0. The van der Waals surface area contributed by atoms with Crippen LogP contribution in [0.5, 0.6) is 0 Å². The van der Waals surface area contributed by atoms with Crippen molar-refractivity contribution in [3.63, 3.8) is 0 Å². The Balaban J connectivity index is 1.76. The summed E-state index contributed by atoms with van der Waals surface area (Å²) in [6.45, 7) is 0. The van der Waals surface area contributed by atoms with Gasteiger partial charge >= 0.3 is 6.03 Å². The molecule has 3 N–H and O–H groups in total. The number of carbonyl (C=O) groups excluding carboxylic acids is 1. The molecule has 15 heavy (non-hydrogen) atoms. The van der Waals surface area contributed by atoms with Gasteiger partial charge in [-0.25, -0.2) is 4.79 Å². The number of nitrogens with one attached hydrogen (secondary N) is 3. The molecule has 1 saturated carbocycles. The van der Waals surface area contributed by atoms with Gasteiger partial charge in [-0.05, 0) is 12.8 Å². The van der Waals surface area contributed by atoms with E-state index in [0.717, 1.165) is 12.8 Å². The van der Waals surface area contributed by atoms with Gasteiger partial charge in [0.05, 0.1) is 6.20 Å². The minimum atomic E-state index is -0.147. The van der Waals surface area contributed by atoms with Gasteiger partial charge < -0.3 is 5.32 Å². The van der Waals surface area contributed by atoms with Gasteiger partial charge in [0.2, 0.25) is 0 Å². The molecule has 1 aliphatic carbocycles. The van der Waals surface area contributed by atoms with Crippen LogP contribution in [0.3, 0.4) is 0 Å². The average Bonchev–Trinajstić information content (AvgIpc) is 2.71. The van der Waals surface area contributed by atoms with E-state index >= 15 is 0 Å².